The molecule has 3 aromatic rings. The van der Waals surface area contributed by atoms with Gasteiger partial charge >= 0.3 is 0 Å². The summed E-state index contributed by atoms with van der Waals surface area (Å²) in [7, 11) is -1.57. The predicted molar refractivity (Wildman–Crippen MR) is 153 cm³/mol. The molecule has 0 bridgehead atoms. The molecular weight excluding hydrogens is 518 g/mol. The lowest BCUT2D eigenvalue weighted by Gasteiger charge is -2.24. The van der Waals surface area contributed by atoms with Crippen LogP contribution in [0.5, 0.6) is 0 Å². The third-order valence-corrected chi connectivity index (χ3v) is 8.44. The molecule has 0 aromatic heterocycles. The normalized spacial score (nSPS) is 14.7. The standard InChI is InChI=1S/C30H34ClN3O3S/c1-3-16-33(17-4-2)18-8-15-32-29(35)23-13-14-28-26(20-23)34(21-22-9-7-10-24(31)19-22)30(36)25-11-5-6-12-27(25)38(28)37/h5-7,9-14,19-20H,3-4,8,15-18,21H2,1-2H3,(H,32,35)/p+1. The van der Waals surface area contributed by atoms with Crippen LogP contribution in [0.15, 0.2) is 76.5 Å². The minimum absolute atomic E-state index is 0.206. The number of halogens is 1. The van der Waals surface area contributed by atoms with Gasteiger partial charge in [-0.15, -0.1) is 0 Å². The number of nitrogens with zero attached hydrogens (tertiary/aromatic N) is 1. The SMILES string of the molecule is CCC[NH+](CCC)CCCNC(=O)c1ccc2c(c1)N(Cc1cccc(Cl)c1)C(=O)c1ccccc1S2=O. The smallest absolute Gasteiger partial charge is 0.259 e. The first-order valence-electron chi connectivity index (χ1n) is 13.3. The van der Waals surface area contributed by atoms with Gasteiger partial charge in [0.2, 0.25) is 0 Å². The molecule has 38 heavy (non-hydrogen) atoms. The largest absolute Gasteiger partial charge is 0.352 e. The van der Waals surface area contributed by atoms with Crippen molar-refractivity contribution >= 4 is 39.9 Å². The number of carbonyl (C=O) groups excluding carboxylic acids is 2. The van der Waals surface area contributed by atoms with Crippen molar-refractivity contribution in [1.29, 1.82) is 0 Å². The van der Waals surface area contributed by atoms with Crippen LogP contribution in [0.4, 0.5) is 5.69 Å². The van der Waals surface area contributed by atoms with Crippen LogP contribution in [0, 0.1) is 0 Å². The zero-order valence-corrected chi connectivity index (χ0v) is 23.5. The third-order valence-electron chi connectivity index (χ3n) is 6.70. The van der Waals surface area contributed by atoms with E-state index in [-0.39, 0.29) is 18.4 Å². The number of benzene rings is 3. The molecule has 1 heterocycles. The maximum atomic E-state index is 13.8. The topological polar surface area (TPSA) is 70.9 Å². The lowest BCUT2D eigenvalue weighted by atomic mass is 10.1. The Bertz CT molecular complexity index is 1320. The predicted octanol–water partition coefficient (Wildman–Crippen LogP) is 4.49. The molecule has 4 rings (SSSR count). The average Bonchev–Trinajstić information content (AvgIpc) is 3.00. The molecule has 0 saturated heterocycles. The lowest BCUT2D eigenvalue weighted by molar-refractivity contribution is -0.900. The highest BCUT2D eigenvalue weighted by Gasteiger charge is 2.31. The van der Waals surface area contributed by atoms with E-state index < -0.39 is 10.8 Å². The Kier molecular flexibility index (Phi) is 9.72. The highest BCUT2D eigenvalue weighted by atomic mass is 35.5. The molecule has 1 aliphatic rings. The molecule has 0 fully saturated rings. The zero-order chi connectivity index (χ0) is 27.1. The summed E-state index contributed by atoms with van der Waals surface area (Å²) in [6.07, 6.45) is 3.18. The molecule has 2 N–H and O–H groups in total. The van der Waals surface area contributed by atoms with Gasteiger partial charge in [-0.05, 0) is 60.9 Å². The number of nitrogens with one attached hydrogen (secondary N) is 2. The minimum atomic E-state index is -1.57. The monoisotopic (exact) mass is 552 g/mol. The summed E-state index contributed by atoms with van der Waals surface area (Å²) < 4.78 is 13.6. The molecule has 2 amide bonds. The highest BCUT2D eigenvalue weighted by molar-refractivity contribution is 7.85. The molecule has 200 valence electrons. The van der Waals surface area contributed by atoms with Gasteiger partial charge in [0.1, 0.15) is 0 Å². The number of carbonyl (C=O) groups is 2. The molecule has 1 unspecified atom stereocenters. The van der Waals surface area contributed by atoms with E-state index >= 15 is 0 Å². The van der Waals surface area contributed by atoms with Crippen molar-refractivity contribution in [1.82, 2.24) is 5.32 Å². The van der Waals surface area contributed by atoms with Crippen LogP contribution in [0.1, 0.15) is 59.4 Å². The molecule has 0 saturated carbocycles. The fraction of sp³-hybridized carbons (Fsp3) is 0.333. The van der Waals surface area contributed by atoms with Crippen LogP contribution < -0.4 is 15.1 Å². The summed E-state index contributed by atoms with van der Waals surface area (Å²) in [4.78, 5) is 31.0. The van der Waals surface area contributed by atoms with E-state index in [0.717, 1.165) is 44.5 Å². The zero-order valence-electron chi connectivity index (χ0n) is 22.0. The Labute approximate surface area is 232 Å². The van der Waals surface area contributed by atoms with Gasteiger partial charge in [-0.3, -0.25) is 9.59 Å². The molecular formula is C30H35ClN3O3S+. The first-order chi connectivity index (χ1) is 18.4. The fourth-order valence-electron chi connectivity index (χ4n) is 4.90. The quantitative estimate of drug-likeness (QED) is 0.344. The van der Waals surface area contributed by atoms with Crippen LogP contribution in [0.25, 0.3) is 0 Å². The van der Waals surface area contributed by atoms with Gasteiger partial charge in [0, 0.05) is 23.6 Å². The van der Waals surface area contributed by atoms with Crippen LogP contribution in [-0.2, 0) is 17.3 Å². The second-order valence-electron chi connectivity index (χ2n) is 9.58. The number of amides is 2. The Morgan fingerprint density at radius 3 is 2.45 bits per heavy atom. The summed E-state index contributed by atoms with van der Waals surface area (Å²) in [5.41, 5.74) is 2.13. The first-order valence-corrected chi connectivity index (χ1v) is 14.8. The number of fused-ring (bicyclic) bond motifs is 2. The molecule has 8 heteroatoms. The van der Waals surface area contributed by atoms with E-state index in [1.807, 2.05) is 12.1 Å². The van der Waals surface area contributed by atoms with E-state index in [4.69, 9.17) is 11.6 Å². The van der Waals surface area contributed by atoms with E-state index in [2.05, 4.69) is 19.2 Å². The van der Waals surface area contributed by atoms with E-state index in [0.29, 0.717) is 38.2 Å². The van der Waals surface area contributed by atoms with Crippen molar-refractivity contribution in [2.24, 2.45) is 0 Å². The second kappa shape index (κ2) is 13.2. The lowest BCUT2D eigenvalue weighted by Crippen LogP contribution is -3.12. The van der Waals surface area contributed by atoms with Gasteiger partial charge in [0.25, 0.3) is 11.8 Å². The summed E-state index contributed by atoms with van der Waals surface area (Å²) in [5, 5.41) is 3.59. The summed E-state index contributed by atoms with van der Waals surface area (Å²) in [6, 6.07) is 19.4. The van der Waals surface area contributed by atoms with Crippen molar-refractivity contribution in [2.75, 3.05) is 31.1 Å². The van der Waals surface area contributed by atoms with Crippen LogP contribution in [-0.4, -0.2) is 42.2 Å². The molecule has 0 radical (unpaired) electrons. The summed E-state index contributed by atoms with van der Waals surface area (Å²) in [6.45, 7) is 8.51. The van der Waals surface area contributed by atoms with Crippen molar-refractivity contribution < 1.29 is 18.7 Å². The number of quaternary nitrogens is 1. The highest BCUT2D eigenvalue weighted by Crippen LogP contribution is 2.36. The van der Waals surface area contributed by atoms with E-state index in [1.165, 1.54) is 0 Å². The number of hydrogen-bond acceptors (Lipinski definition) is 3. The van der Waals surface area contributed by atoms with Crippen molar-refractivity contribution in [3.05, 3.63) is 88.4 Å². The average molecular weight is 553 g/mol. The van der Waals surface area contributed by atoms with Crippen molar-refractivity contribution in [3.8, 4) is 0 Å². The molecule has 1 aliphatic heterocycles. The summed E-state index contributed by atoms with van der Waals surface area (Å²) in [5.74, 6) is -0.469. The Balaban J connectivity index is 1.60. The maximum Gasteiger partial charge on any atom is 0.259 e. The van der Waals surface area contributed by atoms with Gasteiger partial charge < -0.3 is 15.1 Å². The van der Waals surface area contributed by atoms with Gasteiger partial charge in [-0.1, -0.05) is 49.7 Å². The second-order valence-corrected chi connectivity index (χ2v) is 11.4. The van der Waals surface area contributed by atoms with Gasteiger partial charge in [-0.25, -0.2) is 4.21 Å². The Morgan fingerprint density at radius 1 is 0.947 bits per heavy atom. The number of hydrogen-bond donors (Lipinski definition) is 2. The van der Waals surface area contributed by atoms with Crippen LogP contribution in [0.2, 0.25) is 5.02 Å². The molecule has 3 aromatic carbocycles. The van der Waals surface area contributed by atoms with Gasteiger partial charge in [0.05, 0.1) is 58.0 Å². The Morgan fingerprint density at radius 2 is 1.71 bits per heavy atom. The van der Waals surface area contributed by atoms with E-state index in [1.54, 1.807) is 64.4 Å². The van der Waals surface area contributed by atoms with Gasteiger partial charge in [0.15, 0.2) is 0 Å². The maximum absolute atomic E-state index is 13.8. The van der Waals surface area contributed by atoms with Crippen molar-refractivity contribution in [3.63, 3.8) is 0 Å². The number of rotatable bonds is 11. The molecule has 6 nitrogen and oxygen atoms in total. The minimum Gasteiger partial charge on any atom is -0.352 e. The van der Waals surface area contributed by atoms with Crippen LogP contribution in [0.3, 0.4) is 0 Å². The third kappa shape index (κ3) is 6.52. The summed E-state index contributed by atoms with van der Waals surface area (Å²) >= 11 is 6.21. The first kappa shape index (κ1) is 28.0. The molecule has 0 aliphatic carbocycles. The van der Waals surface area contributed by atoms with Gasteiger partial charge in [-0.2, -0.15) is 0 Å². The molecule has 1 atom stereocenters. The number of anilines is 1. The van der Waals surface area contributed by atoms with Crippen LogP contribution >= 0.6 is 11.6 Å². The van der Waals surface area contributed by atoms with E-state index in [9.17, 15) is 13.8 Å². The Hall–Kier alpha value is -3.00. The van der Waals surface area contributed by atoms with Crippen molar-refractivity contribution in [2.45, 2.75) is 49.4 Å². The fourth-order valence-corrected chi connectivity index (χ4v) is 6.46. The molecule has 0 spiro atoms.